The largest absolute Gasteiger partial charge is 0.379 e. The number of carbonyl (C=O) groups excluding carboxylic acids is 1. The van der Waals surface area contributed by atoms with Gasteiger partial charge in [-0.1, -0.05) is 18.2 Å². The summed E-state index contributed by atoms with van der Waals surface area (Å²) < 4.78 is 5.43. The predicted molar refractivity (Wildman–Crippen MR) is 82.1 cm³/mol. The van der Waals surface area contributed by atoms with E-state index in [1.807, 2.05) is 45.3 Å². The Balaban J connectivity index is 2.08. The maximum atomic E-state index is 11.7. The van der Waals surface area contributed by atoms with E-state index in [2.05, 4.69) is 15.5 Å². The first kappa shape index (κ1) is 16.6. The summed E-state index contributed by atoms with van der Waals surface area (Å²) in [7, 11) is 4.02. The molecular weight excluding hydrogens is 254 g/mol. The number of anilines is 1. The molecule has 0 aliphatic carbocycles. The van der Waals surface area contributed by atoms with Crippen molar-refractivity contribution < 1.29 is 9.53 Å². The van der Waals surface area contributed by atoms with Gasteiger partial charge in [0.25, 0.3) is 0 Å². The average Bonchev–Trinajstić information content (AvgIpc) is 2.40. The maximum Gasteiger partial charge on any atom is 0.238 e. The average molecular weight is 279 g/mol. The first-order valence-corrected chi connectivity index (χ1v) is 6.88. The first-order valence-electron chi connectivity index (χ1n) is 6.88. The lowest BCUT2D eigenvalue weighted by Crippen LogP contribution is -2.31. The molecule has 1 rings (SSSR count). The summed E-state index contributed by atoms with van der Waals surface area (Å²) >= 11 is 0. The maximum absolute atomic E-state index is 11.7. The van der Waals surface area contributed by atoms with Gasteiger partial charge in [0.2, 0.25) is 5.91 Å². The van der Waals surface area contributed by atoms with Crippen LogP contribution in [0.15, 0.2) is 24.3 Å². The topological polar surface area (TPSA) is 53.6 Å². The minimum Gasteiger partial charge on any atom is -0.379 e. The van der Waals surface area contributed by atoms with Crippen LogP contribution < -0.4 is 10.6 Å². The van der Waals surface area contributed by atoms with Crippen LogP contribution in [0.1, 0.15) is 5.56 Å². The molecule has 20 heavy (non-hydrogen) atoms. The number of carbonyl (C=O) groups is 1. The fraction of sp³-hybridized carbons (Fsp3) is 0.533. The number of benzene rings is 1. The quantitative estimate of drug-likeness (QED) is 0.665. The van der Waals surface area contributed by atoms with Crippen molar-refractivity contribution in [3.63, 3.8) is 0 Å². The normalized spacial score (nSPS) is 10.8. The molecule has 0 aliphatic rings. The molecule has 0 saturated heterocycles. The smallest absolute Gasteiger partial charge is 0.238 e. The molecule has 1 aromatic carbocycles. The number of para-hydroxylation sites is 1. The Kier molecular flexibility index (Phi) is 7.87. The molecule has 0 unspecified atom stereocenters. The van der Waals surface area contributed by atoms with Gasteiger partial charge in [0.05, 0.1) is 19.8 Å². The van der Waals surface area contributed by atoms with Gasteiger partial charge < -0.3 is 20.3 Å². The number of amides is 1. The molecule has 112 valence electrons. The number of ether oxygens (including phenoxy) is 1. The number of nitrogens with one attached hydrogen (secondary N) is 2. The number of likely N-dealkylation sites (N-methyl/N-ethyl adjacent to an activating group) is 1. The van der Waals surface area contributed by atoms with Crippen LogP contribution in [0.25, 0.3) is 0 Å². The number of hydrogen-bond donors (Lipinski definition) is 2. The van der Waals surface area contributed by atoms with Crippen molar-refractivity contribution in [3.8, 4) is 0 Å². The monoisotopic (exact) mass is 279 g/mol. The molecule has 0 fully saturated rings. The van der Waals surface area contributed by atoms with E-state index in [1.54, 1.807) is 0 Å². The van der Waals surface area contributed by atoms with Gasteiger partial charge in [-0.05, 0) is 32.6 Å². The van der Waals surface area contributed by atoms with Gasteiger partial charge in [0, 0.05) is 18.8 Å². The van der Waals surface area contributed by atoms with Gasteiger partial charge in [0.1, 0.15) is 0 Å². The van der Waals surface area contributed by atoms with Gasteiger partial charge in [-0.2, -0.15) is 0 Å². The highest BCUT2D eigenvalue weighted by Crippen LogP contribution is 2.12. The Morgan fingerprint density at radius 3 is 2.70 bits per heavy atom. The van der Waals surface area contributed by atoms with E-state index in [4.69, 9.17) is 4.74 Å². The van der Waals surface area contributed by atoms with Crippen LogP contribution in [0.4, 0.5) is 5.69 Å². The van der Waals surface area contributed by atoms with E-state index in [0.29, 0.717) is 26.3 Å². The molecule has 0 saturated carbocycles. The summed E-state index contributed by atoms with van der Waals surface area (Å²) in [4.78, 5) is 13.8. The lowest BCUT2D eigenvalue weighted by molar-refractivity contribution is -0.115. The molecule has 0 spiro atoms. The van der Waals surface area contributed by atoms with Gasteiger partial charge >= 0.3 is 0 Å². The van der Waals surface area contributed by atoms with E-state index in [0.717, 1.165) is 17.8 Å². The summed E-state index contributed by atoms with van der Waals surface area (Å²) in [5.41, 5.74) is 1.93. The Hall–Kier alpha value is -1.43. The summed E-state index contributed by atoms with van der Waals surface area (Å²) in [6, 6.07) is 7.74. The van der Waals surface area contributed by atoms with Crippen LogP contribution in [0.3, 0.4) is 0 Å². The number of rotatable bonds is 9. The Bertz CT molecular complexity index is 408. The molecule has 1 amide bonds. The summed E-state index contributed by atoms with van der Waals surface area (Å²) in [5.74, 6) is -0.0346. The zero-order valence-corrected chi connectivity index (χ0v) is 12.6. The van der Waals surface area contributed by atoms with Crippen molar-refractivity contribution in [2.75, 3.05) is 52.3 Å². The molecular formula is C15H25N3O2. The zero-order chi connectivity index (χ0) is 14.8. The molecule has 0 radical (unpaired) electrons. The van der Waals surface area contributed by atoms with Crippen LogP contribution in [0.5, 0.6) is 0 Å². The molecule has 2 N–H and O–H groups in total. The lowest BCUT2D eigenvalue weighted by atomic mass is 10.2. The van der Waals surface area contributed by atoms with Gasteiger partial charge in [-0.3, -0.25) is 4.79 Å². The third kappa shape index (κ3) is 7.23. The van der Waals surface area contributed by atoms with E-state index >= 15 is 0 Å². The standard InChI is InChI=1S/C15H25N3O2/c1-13-6-4-5-7-14(13)17-15(19)12-16-8-10-20-11-9-18(2)3/h4-7,16H,8-12H2,1-3H3,(H,17,19). The minimum atomic E-state index is -0.0346. The number of nitrogens with zero attached hydrogens (tertiary/aromatic N) is 1. The second-order valence-electron chi connectivity index (χ2n) is 4.96. The summed E-state index contributed by atoms with van der Waals surface area (Å²) in [5, 5.41) is 5.94. The van der Waals surface area contributed by atoms with E-state index < -0.39 is 0 Å². The molecule has 0 heterocycles. The predicted octanol–water partition coefficient (Wildman–Crippen LogP) is 1.10. The Morgan fingerprint density at radius 2 is 2.00 bits per heavy atom. The van der Waals surface area contributed by atoms with Crippen LogP contribution in [-0.2, 0) is 9.53 Å². The van der Waals surface area contributed by atoms with Crippen molar-refractivity contribution in [1.29, 1.82) is 0 Å². The second kappa shape index (κ2) is 9.47. The molecule has 0 atom stereocenters. The van der Waals surface area contributed by atoms with Gasteiger partial charge in [-0.25, -0.2) is 0 Å². The van der Waals surface area contributed by atoms with Crippen molar-refractivity contribution in [1.82, 2.24) is 10.2 Å². The highest BCUT2D eigenvalue weighted by Gasteiger charge is 2.03. The molecule has 0 bridgehead atoms. The molecule has 0 aromatic heterocycles. The van der Waals surface area contributed by atoms with E-state index in [9.17, 15) is 4.79 Å². The number of hydrogen-bond acceptors (Lipinski definition) is 4. The van der Waals surface area contributed by atoms with E-state index in [1.165, 1.54) is 0 Å². The van der Waals surface area contributed by atoms with Crippen LogP contribution >= 0.6 is 0 Å². The third-order valence-electron chi connectivity index (χ3n) is 2.81. The second-order valence-corrected chi connectivity index (χ2v) is 4.96. The zero-order valence-electron chi connectivity index (χ0n) is 12.6. The molecule has 5 heteroatoms. The van der Waals surface area contributed by atoms with Crippen LogP contribution in [0.2, 0.25) is 0 Å². The Morgan fingerprint density at radius 1 is 1.25 bits per heavy atom. The van der Waals surface area contributed by atoms with Gasteiger partial charge in [-0.15, -0.1) is 0 Å². The molecule has 5 nitrogen and oxygen atoms in total. The highest BCUT2D eigenvalue weighted by atomic mass is 16.5. The number of aryl methyl sites for hydroxylation is 1. The van der Waals surface area contributed by atoms with E-state index in [-0.39, 0.29) is 5.91 Å². The van der Waals surface area contributed by atoms with Crippen molar-refractivity contribution in [2.24, 2.45) is 0 Å². The van der Waals surface area contributed by atoms with Gasteiger partial charge in [0.15, 0.2) is 0 Å². The fourth-order valence-electron chi connectivity index (χ4n) is 1.60. The molecule has 0 aliphatic heterocycles. The highest BCUT2D eigenvalue weighted by molar-refractivity contribution is 5.92. The van der Waals surface area contributed by atoms with Crippen molar-refractivity contribution in [2.45, 2.75) is 6.92 Å². The fourth-order valence-corrected chi connectivity index (χ4v) is 1.60. The van der Waals surface area contributed by atoms with Crippen LogP contribution in [0, 0.1) is 6.92 Å². The van der Waals surface area contributed by atoms with Crippen molar-refractivity contribution >= 4 is 11.6 Å². The third-order valence-corrected chi connectivity index (χ3v) is 2.81. The first-order chi connectivity index (χ1) is 9.59. The Labute approximate surface area is 121 Å². The van der Waals surface area contributed by atoms with Crippen molar-refractivity contribution in [3.05, 3.63) is 29.8 Å². The summed E-state index contributed by atoms with van der Waals surface area (Å²) in [6.07, 6.45) is 0. The minimum absolute atomic E-state index is 0.0346. The van der Waals surface area contributed by atoms with Crippen LogP contribution in [-0.4, -0.2) is 57.8 Å². The molecule has 1 aromatic rings. The lowest BCUT2D eigenvalue weighted by Gasteiger charge is -2.11. The SMILES string of the molecule is Cc1ccccc1NC(=O)CNCCOCCN(C)C. The summed E-state index contributed by atoms with van der Waals surface area (Å²) in [6.45, 7) is 5.19.